The van der Waals surface area contributed by atoms with Gasteiger partial charge in [0.2, 0.25) is 10.0 Å². The molecule has 24 heavy (non-hydrogen) atoms. The summed E-state index contributed by atoms with van der Waals surface area (Å²) < 4.78 is 26.3. The minimum Gasteiger partial charge on any atom is -0.263 e. The number of halogens is 1. The minimum absolute atomic E-state index is 0.0644. The Morgan fingerprint density at radius 1 is 1.12 bits per heavy atom. The van der Waals surface area contributed by atoms with Crippen LogP contribution in [0.15, 0.2) is 53.4 Å². The summed E-state index contributed by atoms with van der Waals surface area (Å²) in [5.74, 6) is -0.488. The molecule has 126 valence electrons. The van der Waals surface area contributed by atoms with Crippen molar-refractivity contribution in [1.82, 2.24) is 4.31 Å². The van der Waals surface area contributed by atoms with Gasteiger partial charge in [-0.05, 0) is 36.8 Å². The van der Waals surface area contributed by atoms with E-state index in [2.05, 4.69) is 0 Å². The van der Waals surface area contributed by atoms with Crippen molar-refractivity contribution in [1.29, 1.82) is 0 Å². The maximum Gasteiger partial charge on any atom is 0.289 e. The van der Waals surface area contributed by atoms with E-state index >= 15 is 0 Å². The van der Waals surface area contributed by atoms with Gasteiger partial charge in [0.15, 0.2) is 0 Å². The highest BCUT2D eigenvalue weighted by molar-refractivity contribution is 7.89. The molecule has 0 bridgehead atoms. The monoisotopic (exact) mass is 366 g/mol. The fraction of sp³-hybridized carbons (Fsp3) is 0.250. The van der Waals surface area contributed by atoms with Gasteiger partial charge in [0.1, 0.15) is 0 Å². The van der Waals surface area contributed by atoms with Crippen molar-refractivity contribution in [3.8, 4) is 0 Å². The van der Waals surface area contributed by atoms with Crippen molar-refractivity contribution >= 4 is 21.6 Å². The molecule has 2 aromatic rings. The molecule has 0 radical (unpaired) electrons. The van der Waals surface area contributed by atoms with Gasteiger partial charge >= 0.3 is 0 Å². The van der Waals surface area contributed by atoms with Gasteiger partial charge in [-0.1, -0.05) is 41.4 Å². The molecular weight excluding hydrogens is 352 g/mol. The van der Waals surface area contributed by atoms with E-state index in [1.807, 2.05) is 6.92 Å². The molecule has 1 saturated heterocycles. The Balaban J connectivity index is 1.91. The van der Waals surface area contributed by atoms with Crippen LogP contribution in [0, 0.1) is 17.0 Å². The van der Waals surface area contributed by atoms with Crippen molar-refractivity contribution in [2.24, 2.45) is 0 Å². The van der Waals surface area contributed by atoms with E-state index in [1.165, 1.54) is 12.1 Å². The molecule has 0 amide bonds. The number of rotatable bonds is 4. The molecule has 0 aromatic heterocycles. The average molecular weight is 367 g/mol. The Hall–Kier alpha value is -1.96. The summed E-state index contributed by atoms with van der Waals surface area (Å²) in [6.07, 6.45) is -1.31. The number of benzene rings is 2. The molecule has 2 atom stereocenters. The first kappa shape index (κ1) is 16.9. The van der Waals surface area contributed by atoms with E-state index < -0.39 is 27.0 Å². The van der Waals surface area contributed by atoms with E-state index in [1.54, 1.807) is 36.4 Å². The first-order chi connectivity index (χ1) is 11.3. The van der Waals surface area contributed by atoms with Crippen molar-refractivity contribution in [2.75, 3.05) is 6.54 Å². The molecule has 0 N–H and O–H groups in total. The van der Waals surface area contributed by atoms with Crippen LogP contribution < -0.4 is 0 Å². The second-order valence-electron chi connectivity index (χ2n) is 5.74. The van der Waals surface area contributed by atoms with Crippen molar-refractivity contribution in [3.63, 3.8) is 0 Å². The van der Waals surface area contributed by atoms with Crippen molar-refractivity contribution < 1.29 is 13.3 Å². The molecule has 1 fully saturated rings. The van der Waals surface area contributed by atoms with Crippen LogP contribution in [0.1, 0.15) is 17.0 Å². The third-order valence-electron chi connectivity index (χ3n) is 4.17. The third-order valence-corrected chi connectivity index (χ3v) is 6.28. The molecule has 0 saturated carbocycles. The second-order valence-corrected chi connectivity index (χ2v) is 8.07. The van der Waals surface area contributed by atoms with Crippen LogP contribution in [0.3, 0.4) is 0 Å². The Morgan fingerprint density at radius 3 is 2.25 bits per heavy atom. The molecule has 6 nitrogen and oxygen atoms in total. The summed E-state index contributed by atoms with van der Waals surface area (Å²) in [5.41, 5.74) is 1.62. The van der Waals surface area contributed by atoms with Crippen LogP contribution in [0.4, 0.5) is 0 Å². The first-order valence-electron chi connectivity index (χ1n) is 7.28. The topological polar surface area (TPSA) is 80.5 Å². The van der Waals surface area contributed by atoms with Crippen LogP contribution in [0.2, 0.25) is 5.02 Å². The SMILES string of the molecule is Cc1ccc(S(=O)(=O)N2C[C@@H](c3ccc(Cl)cc3)[C@@H]2[N+](=O)[O-])cc1. The van der Waals surface area contributed by atoms with Crippen LogP contribution in [0.5, 0.6) is 0 Å². The van der Waals surface area contributed by atoms with Gasteiger partial charge in [-0.3, -0.25) is 10.1 Å². The van der Waals surface area contributed by atoms with Gasteiger partial charge in [0, 0.05) is 16.5 Å². The van der Waals surface area contributed by atoms with Crippen molar-refractivity contribution in [3.05, 3.63) is 74.8 Å². The van der Waals surface area contributed by atoms with E-state index in [-0.39, 0.29) is 11.4 Å². The second kappa shape index (κ2) is 6.16. The minimum atomic E-state index is -3.90. The molecule has 3 rings (SSSR count). The van der Waals surface area contributed by atoms with Crippen LogP contribution in [-0.4, -0.2) is 30.4 Å². The highest BCUT2D eigenvalue weighted by atomic mass is 35.5. The van der Waals surface area contributed by atoms with E-state index in [4.69, 9.17) is 11.6 Å². The Kier molecular flexibility index (Phi) is 4.33. The highest BCUT2D eigenvalue weighted by Gasteiger charge is 2.55. The predicted octanol–water partition coefficient (Wildman–Crippen LogP) is 3.04. The van der Waals surface area contributed by atoms with Gasteiger partial charge in [-0.25, -0.2) is 8.42 Å². The first-order valence-corrected chi connectivity index (χ1v) is 9.10. The molecule has 1 heterocycles. The predicted molar refractivity (Wildman–Crippen MR) is 90.0 cm³/mol. The van der Waals surface area contributed by atoms with Gasteiger partial charge in [-0.15, -0.1) is 4.31 Å². The summed E-state index contributed by atoms with van der Waals surface area (Å²) in [6.45, 7) is 1.92. The van der Waals surface area contributed by atoms with Crippen molar-refractivity contribution in [2.45, 2.75) is 23.9 Å². The zero-order valence-corrected chi connectivity index (χ0v) is 14.4. The molecule has 0 unspecified atom stereocenters. The normalized spacial score (nSPS) is 21.2. The zero-order valence-electron chi connectivity index (χ0n) is 12.8. The summed E-state index contributed by atoms with van der Waals surface area (Å²) in [5, 5.41) is 12.0. The largest absolute Gasteiger partial charge is 0.289 e. The Bertz CT molecular complexity index is 866. The van der Waals surface area contributed by atoms with Crippen LogP contribution in [-0.2, 0) is 10.0 Å². The number of hydrogen-bond acceptors (Lipinski definition) is 4. The van der Waals surface area contributed by atoms with Crippen LogP contribution >= 0.6 is 11.6 Å². The molecule has 2 aromatic carbocycles. The smallest absolute Gasteiger partial charge is 0.263 e. The lowest BCUT2D eigenvalue weighted by Crippen LogP contribution is -2.60. The number of sulfonamides is 1. The van der Waals surface area contributed by atoms with E-state index in [0.717, 1.165) is 9.87 Å². The quantitative estimate of drug-likeness (QED) is 0.615. The number of hydrogen-bond donors (Lipinski definition) is 0. The third kappa shape index (κ3) is 2.90. The summed E-state index contributed by atoms with van der Waals surface area (Å²) in [4.78, 5) is 11.0. The molecule has 1 aliphatic heterocycles. The standard InChI is InChI=1S/C16H15ClN2O4S/c1-11-2-8-14(9-3-11)24(22,23)18-10-15(16(18)19(20)21)12-4-6-13(17)7-5-12/h2-9,15-16H,10H2,1H3/t15-,16-/m0/s1. The summed E-state index contributed by atoms with van der Waals surface area (Å²) in [7, 11) is -3.90. The number of nitro groups is 1. The number of nitrogens with zero attached hydrogens (tertiary/aromatic N) is 2. The summed E-state index contributed by atoms with van der Waals surface area (Å²) in [6, 6.07) is 13.0. The molecule has 0 aliphatic carbocycles. The van der Waals surface area contributed by atoms with Gasteiger partial charge in [0.25, 0.3) is 6.17 Å². The highest BCUT2D eigenvalue weighted by Crippen LogP contribution is 2.38. The number of aryl methyl sites for hydroxylation is 1. The van der Waals surface area contributed by atoms with Gasteiger partial charge in [-0.2, -0.15) is 0 Å². The molecule has 1 aliphatic rings. The summed E-state index contributed by atoms with van der Waals surface area (Å²) >= 11 is 5.83. The van der Waals surface area contributed by atoms with E-state index in [9.17, 15) is 18.5 Å². The maximum absolute atomic E-state index is 12.7. The Morgan fingerprint density at radius 2 is 1.71 bits per heavy atom. The van der Waals surface area contributed by atoms with Gasteiger partial charge in [0.05, 0.1) is 10.8 Å². The molecule has 0 spiro atoms. The lowest BCUT2D eigenvalue weighted by Gasteiger charge is -2.40. The van der Waals surface area contributed by atoms with E-state index in [0.29, 0.717) is 10.6 Å². The fourth-order valence-electron chi connectivity index (χ4n) is 2.78. The molecular formula is C16H15ClN2O4S. The maximum atomic E-state index is 12.7. The molecule has 8 heteroatoms. The lowest BCUT2D eigenvalue weighted by atomic mass is 9.90. The van der Waals surface area contributed by atoms with Crippen LogP contribution in [0.25, 0.3) is 0 Å². The fourth-order valence-corrected chi connectivity index (χ4v) is 4.53. The lowest BCUT2D eigenvalue weighted by molar-refractivity contribution is -0.563. The Labute approximate surface area is 144 Å². The average Bonchev–Trinajstić information content (AvgIpc) is 2.48. The zero-order chi connectivity index (χ0) is 17.5. The van der Waals surface area contributed by atoms with Gasteiger partial charge < -0.3 is 0 Å².